The Morgan fingerprint density at radius 1 is 1.21 bits per heavy atom. The fraction of sp³-hybridized carbons (Fsp3) is 0.571. The summed E-state index contributed by atoms with van der Waals surface area (Å²) in [4.78, 5) is 0. The molecule has 0 saturated heterocycles. The molecule has 4 nitrogen and oxygen atoms in total. The van der Waals surface area contributed by atoms with Crippen molar-refractivity contribution in [2.24, 2.45) is 5.73 Å². The zero-order valence-corrected chi connectivity index (χ0v) is 11.7. The molecule has 0 heterocycles. The second-order valence-corrected chi connectivity index (χ2v) is 4.36. The molecule has 1 rings (SSSR count). The van der Waals surface area contributed by atoms with Gasteiger partial charge in [-0.1, -0.05) is 0 Å². The SMILES string of the molecule is COCC(F)(CCCN)c1ccc(OC)cc1OC. The van der Waals surface area contributed by atoms with Crippen LogP contribution in [0.15, 0.2) is 18.2 Å². The number of ether oxygens (including phenoxy) is 3. The minimum absolute atomic E-state index is 0.0321. The Morgan fingerprint density at radius 2 is 1.95 bits per heavy atom. The summed E-state index contributed by atoms with van der Waals surface area (Å²) in [6.45, 7) is 0.406. The molecule has 0 amide bonds. The highest BCUT2D eigenvalue weighted by Crippen LogP contribution is 2.39. The third-order valence-corrected chi connectivity index (χ3v) is 3.04. The van der Waals surface area contributed by atoms with Crippen molar-refractivity contribution in [1.82, 2.24) is 0 Å². The van der Waals surface area contributed by atoms with Crippen LogP contribution >= 0.6 is 0 Å². The molecule has 0 aliphatic rings. The van der Waals surface area contributed by atoms with Gasteiger partial charge in [-0.3, -0.25) is 0 Å². The monoisotopic (exact) mass is 271 g/mol. The molecule has 0 bridgehead atoms. The van der Waals surface area contributed by atoms with Crippen LogP contribution in [0.4, 0.5) is 4.39 Å². The van der Waals surface area contributed by atoms with E-state index in [0.29, 0.717) is 36.4 Å². The molecule has 5 heteroatoms. The van der Waals surface area contributed by atoms with Gasteiger partial charge < -0.3 is 19.9 Å². The maximum Gasteiger partial charge on any atom is 0.162 e. The first-order valence-electron chi connectivity index (χ1n) is 6.21. The molecule has 2 N–H and O–H groups in total. The normalized spacial score (nSPS) is 13.9. The summed E-state index contributed by atoms with van der Waals surface area (Å²) in [7, 11) is 4.54. The van der Waals surface area contributed by atoms with Crippen molar-refractivity contribution in [3.63, 3.8) is 0 Å². The molecule has 0 saturated carbocycles. The van der Waals surface area contributed by atoms with Gasteiger partial charge in [-0.2, -0.15) is 0 Å². The van der Waals surface area contributed by atoms with Crippen molar-refractivity contribution in [3.8, 4) is 11.5 Å². The molecule has 0 aliphatic heterocycles. The van der Waals surface area contributed by atoms with Crippen LogP contribution in [0.2, 0.25) is 0 Å². The summed E-state index contributed by atoms with van der Waals surface area (Å²) in [5.41, 5.74) is 4.33. The topological polar surface area (TPSA) is 53.7 Å². The summed E-state index contributed by atoms with van der Waals surface area (Å²) in [5.74, 6) is 1.08. The van der Waals surface area contributed by atoms with E-state index < -0.39 is 5.67 Å². The van der Waals surface area contributed by atoms with Gasteiger partial charge in [0.05, 0.1) is 20.8 Å². The van der Waals surface area contributed by atoms with E-state index in [9.17, 15) is 0 Å². The van der Waals surface area contributed by atoms with Crippen LogP contribution in [0, 0.1) is 0 Å². The lowest BCUT2D eigenvalue weighted by Crippen LogP contribution is -2.28. The third-order valence-electron chi connectivity index (χ3n) is 3.04. The van der Waals surface area contributed by atoms with Gasteiger partial charge in [0, 0.05) is 18.7 Å². The second-order valence-electron chi connectivity index (χ2n) is 4.36. The van der Waals surface area contributed by atoms with Gasteiger partial charge in [0.1, 0.15) is 11.5 Å². The molecule has 0 radical (unpaired) electrons. The van der Waals surface area contributed by atoms with Crippen molar-refractivity contribution in [2.45, 2.75) is 18.5 Å². The molecule has 1 aromatic carbocycles. The lowest BCUT2D eigenvalue weighted by atomic mass is 9.90. The Morgan fingerprint density at radius 3 is 2.47 bits per heavy atom. The third kappa shape index (κ3) is 3.81. The van der Waals surface area contributed by atoms with E-state index in [1.807, 2.05) is 0 Å². The van der Waals surface area contributed by atoms with E-state index in [1.54, 1.807) is 25.3 Å². The lowest BCUT2D eigenvalue weighted by molar-refractivity contribution is 0.0286. The van der Waals surface area contributed by atoms with Crippen LogP contribution in [-0.2, 0) is 10.4 Å². The average molecular weight is 271 g/mol. The Kier molecular flexibility index (Phi) is 6.05. The fourth-order valence-electron chi connectivity index (χ4n) is 2.06. The molecule has 1 atom stereocenters. The predicted octanol–water partition coefficient (Wildman–Crippen LogP) is 2.25. The Hall–Kier alpha value is -1.33. The predicted molar refractivity (Wildman–Crippen MR) is 72.5 cm³/mol. The zero-order chi connectivity index (χ0) is 14.3. The van der Waals surface area contributed by atoms with Crippen LogP contribution < -0.4 is 15.2 Å². The lowest BCUT2D eigenvalue weighted by Gasteiger charge is -2.27. The number of halogens is 1. The second kappa shape index (κ2) is 7.31. The van der Waals surface area contributed by atoms with Gasteiger partial charge in [-0.15, -0.1) is 0 Å². The smallest absolute Gasteiger partial charge is 0.162 e. The first-order chi connectivity index (χ1) is 9.11. The van der Waals surface area contributed by atoms with Crippen molar-refractivity contribution < 1.29 is 18.6 Å². The molecule has 0 aliphatic carbocycles. The Balaban J connectivity index is 3.13. The van der Waals surface area contributed by atoms with Gasteiger partial charge in [0.2, 0.25) is 0 Å². The highest BCUT2D eigenvalue weighted by atomic mass is 19.1. The molecule has 0 aromatic heterocycles. The summed E-state index contributed by atoms with van der Waals surface area (Å²) in [6, 6.07) is 5.05. The van der Waals surface area contributed by atoms with Crippen LogP contribution in [0.25, 0.3) is 0 Å². The molecule has 1 unspecified atom stereocenters. The Bertz CT molecular complexity index is 400. The molecular formula is C14H22FNO3. The summed E-state index contributed by atoms with van der Waals surface area (Å²) in [5, 5.41) is 0. The highest BCUT2D eigenvalue weighted by molar-refractivity contribution is 5.44. The minimum Gasteiger partial charge on any atom is -0.497 e. The number of rotatable bonds is 8. The van der Waals surface area contributed by atoms with Gasteiger partial charge in [0.25, 0.3) is 0 Å². The molecular weight excluding hydrogens is 249 g/mol. The maximum atomic E-state index is 15.1. The van der Waals surface area contributed by atoms with Gasteiger partial charge in [-0.05, 0) is 31.5 Å². The number of nitrogens with two attached hydrogens (primary N) is 1. The van der Waals surface area contributed by atoms with Gasteiger partial charge in [0.15, 0.2) is 5.67 Å². The number of hydrogen-bond acceptors (Lipinski definition) is 4. The fourth-order valence-corrected chi connectivity index (χ4v) is 2.06. The first kappa shape index (κ1) is 15.7. The minimum atomic E-state index is -1.61. The average Bonchev–Trinajstić information content (AvgIpc) is 2.44. The van der Waals surface area contributed by atoms with E-state index in [2.05, 4.69) is 0 Å². The largest absolute Gasteiger partial charge is 0.497 e. The number of alkyl halides is 1. The van der Waals surface area contributed by atoms with E-state index in [4.69, 9.17) is 19.9 Å². The quantitative estimate of drug-likeness (QED) is 0.788. The molecule has 1 aromatic rings. The van der Waals surface area contributed by atoms with E-state index in [0.717, 1.165) is 0 Å². The number of methoxy groups -OCH3 is 3. The van der Waals surface area contributed by atoms with Crippen LogP contribution in [0.1, 0.15) is 18.4 Å². The van der Waals surface area contributed by atoms with E-state index in [1.165, 1.54) is 14.2 Å². The highest BCUT2D eigenvalue weighted by Gasteiger charge is 2.34. The Labute approximate surface area is 113 Å². The first-order valence-corrected chi connectivity index (χ1v) is 6.21. The van der Waals surface area contributed by atoms with Crippen molar-refractivity contribution >= 4 is 0 Å². The van der Waals surface area contributed by atoms with E-state index >= 15 is 4.39 Å². The van der Waals surface area contributed by atoms with Crippen LogP contribution in [-0.4, -0.2) is 34.5 Å². The van der Waals surface area contributed by atoms with Crippen molar-refractivity contribution in [3.05, 3.63) is 23.8 Å². The number of benzene rings is 1. The molecule has 0 spiro atoms. The van der Waals surface area contributed by atoms with Crippen molar-refractivity contribution in [1.29, 1.82) is 0 Å². The zero-order valence-electron chi connectivity index (χ0n) is 11.7. The summed E-state index contributed by atoms with van der Waals surface area (Å²) < 4.78 is 30.5. The molecule has 19 heavy (non-hydrogen) atoms. The van der Waals surface area contributed by atoms with Gasteiger partial charge >= 0.3 is 0 Å². The van der Waals surface area contributed by atoms with Crippen LogP contribution in [0.5, 0.6) is 11.5 Å². The standard InChI is InChI=1S/C14H22FNO3/c1-17-10-14(15,7-4-8-16)12-6-5-11(18-2)9-13(12)19-3/h5-6,9H,4,7-8,10,16H2,1-3H3. The summed E-state index contributed by atoms with van der Waals surface area (Å²) in [6.07, 6.45) is 0.870. The van der Waals surface area contributed by atoms with Gasteiger partial charge in [-0.25, -0.2) is 4.39 Å². The maximum absolute atomic E-state index is 15.1. The number of hydrogen-bond donors (Lipinski definition) is 1. The molecule has 0 fully saturated rings. The summed E-state index contributed by atoms with van der Waals surface area (Å²) >= 11 is 0. The van der Waals surface area contributed by atoms with Crippen molar-refractivity contribution in [2.75, 3.05) is 34.5 Å². The molecule has 108 valence electrons. The van der Waals surface area contributed by atoms with E-state index in [-0.39, 0.29) is 6.61 Å². The van der Waals surface area contributed by atoms with Crippen LogP contribution in [0.3, 0.4) is 0 Å².